The van der Waals surface area contributed by atoms with E-state index in [1.165, 1.54) is 29.8 Å². The smallest absolute Gasteiger partial charge is 0.255 e. The highest BCUT2D eigenvalue weighted by molar-refractivity contribution is 9.10. The molecule has 0 aliphatic carbocycles. The molecule has 0 saturated heterocycles. The van der Waals surface area contributed by atoms with Crippen molar-refractivity contribution in [2.75, 3.05) is 17.2 Å². The molecule has 0 aliphatic heterocycles. The van der Waals surface area contributed by atoms with Crippen molar-refractivity contribution in [3.05, 3.63) is 124 Å². The Hall–Kier alpha value is -3.97. The predicted molar refractivity (Wildman–Crippen MR) is 139 cm³/mol. The van der Waals surface area contributed by atoms with E-state index in [0.29, 0.717) is 39.3 Å². The molecular weight excluding hydrogens is 511 g/mol. The maximum atomic E-state index is 13.1. The zero-order valence-electron chi connectivity index (χ0n) is 18.6. The average Bonchev–Trinajstić information content (AvgIpc) is 2.87. The third-order valence-electron chi connectivity index (χ3n) is 5.17. The highest BCUT2D eigenvalue weighted by Crippen LogP contribution is 2.27. The van der Waals surface area contributed by atoms with Crippen molar-refractivity contribution >= 4 is 39.1 Å². The third kappa shape index (κ3) is 6.77. The number of ether oxygens (including phenoxy) is 1. The molecule has 0 unspecified atom stereocenters. The molecular formula is C28H22BrFN2O3. The number of carbonyl (C=O) groups is 2. The molecule has 2 N–H and O–H groups in total. The van der Waals surface area contributed by atoms with Crippen molar-refractivity contribution in [3.63, 3.8) is 0 Å². The van der Waals surface area contributed by atoms with E-state index in [4.69, 9.17) is 4.74 Å². The van der Waals surface area contributed by atoms with Crippen molar-refractivity contribution in [3.8, 4) is 5.75 Å². The highest BCUT2D eigenvalue weighted by Gasteiger charge is 2.12. The van der Waals surface area contributed by atoms with Crippen molar-refractivity contribution < 1.29 is 18.7 Å². The van der Waals surface area contributed by atoms with Crippen molar-refractivity contribution in [1.82, 2.24) is 0 Å². The summed E-state index contributed by atoms with van der Waals surface area (Å²) in [5.41, 5.74) is 2.93. The molecule has 4 aromatic carbocycles. The Morgan fingerprint density at radius 3 is 2.14 bits per heavy atom. The largest absolute Gasteiger partial charge is 0.492 e. The Morgan fingerprint density at radius 2 is 1.43 bits per heavy atom. The van der Waals surface area contributed by atoms with Crippen LogP contribution in [-0.2, 0) is 6.42 Å². The van der Waals surface area contributed by atoms with Crippen LogP contribution in [0.4, 0.5) is 15.8 Å². The normalized spacial score (nSPS) is 10.5. The molecule has 35 heavy (non-hydrogen) atoms. The fourth-order valence-corrected chi connectivity index (χ4v) is 3.85. The monoisotopic (exact) mass is 532 g/mol. The zero-order valence-corrected chi connectivity index (χ0v) is 20.2. The number of halogens is 2. The highest BCUT2D eigenvalue weighted by atomic mass is 79.9. The topological polar surface area (TPSA) is 67.4 Å². The van der Waals surface area contributed by atoms with Crippen molar-refractivity contribution in [1.29, 1.82) is 0 Å². The van der Waals surface area contributed by atoms with E-state index in [2.05, 4.69) is 26.6 Å². The second-order valence-electron chi connectivity index (χ2n) is 7.73. The molecule has 0 spiro atoms. The number of hydrogen-bond acceptors (Lipinski definition) is 3. The van der Waals surface area contributed by atoms with Gasteiger partial charge in [-0.3, -0.25) is 9.59 Å². The van der Waals surface area contributed by atoms with Gasteiger partial charge in [-0.05, 0) is 82.2 Å². The van der Waals surface area contributed by atoms with Gasteiger partial charge in [0.15, 0.2) is 0 Å². The summed E-state index contributed by atoms with van der Waals surface area (Å²) >= 11 is 3.47. The summed E-state index contributed by atoms with van der Waals surface area (Å²) in [6.07, 6.45) is 0.778. The maximum Gasteiger partial charge on any atom is 0.255 e. The molecule has 5 nitrogen and oxygen atoms in total. The van der Waals surface area contributed by atoms with Gasteiger partial charge in [-0.15, -0.1) is 0 Å². The standard InChI is InChI=1S/C28H22BrFN2O3/c29-25-18-21(9-14-26(25)35-16-15-19-5-2-1-3-6-19)28(34)32-24-8-4-7-20(17-24)27(33)31-23-12-10-22(30)11-13-23/h1-14,17-18H,15-16H2,(H,31,33)(H,32,34). The van der Waals surface area contributed by atoms with Crippen LogP contribution in [0, 0.1) is 5.82 Å². The molecule has 0 radical (unpaired) electrons. The lowest BCUT2D eigenvalue weighted by atomic mass is 10.1. The second kappa shape index (κ2) is 11.4. The first kappa shape index (κ1) is 24.2. The van der Waals surface area contributed by atoms with E-state index in [9.17, 15) is 14.0 Å². The van der Waals surface area contributed by atoms with Crippen LogP contribution < -0.4 is 15.4 Å². The Bertz CT molecular complexity index is 1330. The minimum Gasteiger partial charge on any atom is -0.492 e. The van der Waals surface area contributed by atoms with Gasteiger partial charge in [0.05, 0.1) is 11.1 Å². The predicted octanol–water partition coefficient (Wildman–Crippen LogP) is 6.71. The first-order valence-electron chi connectivity index (χ1n) is 10.9. The minimum absolute atomic E-state index is 0.322. The average molecular weight is 533 g/mol. The number of nitrogens with one attached hydrogen (secondary N) is 2. The van der Waals surface area contributed by atoms with Crippen LogP contribution in [0.2, 0.25) is 0 Å². The lowest BCUT2D eigenvalue weighted by Gasteiger charge is -2.11. The van der Waals surface area contributed by atoms with E-state index in [1.54, 1.807) is 42.5 Å². The third-order valence-corrected chi connectivity index (χ3v) is 5.79. The molecule has 4 rings (SSSR count). The van der Waals surface area contributed by atoms with Crippen LogP contribution in [0.3, 0.4) is 0 Å². The van der Waals surface area contributed by atoms with Crippen molar-refractivity contribution in [2.45, 2.75) is 6.42 Å². The summed E-state index contributed by atoms with van der Waals surface area (Å²) in [5, 5.41) is 5.51. The molecule has 0 aromatic heterocycles. The van der Waals surface area contributed by atoms with E-state index in [-0.39, 0.29) is 17.6 Å². The molecule has 0 aliphatic rings. The molecule has 0 saturated carbocycles. The number of amides is 2. The summed E-state index contributed by atoms with van der Waals surface area (Å²) in [6, 6.07) is 27.3. The summed E-state index contributed by atoms with van der Waals surface area (Å²) in [4.78, 5) is 25.3. The molecule has 4 aromatic rings. The van der Waals surface area contributed by atoms with Gasteiger partial charge in [0, 0.05) is 28.9 Å². The molecule has 0 heterocycles. The van der Waals surface area contributed by atoms with Crippen LogP contribution in [0.1, 0.15) is 26.3 Å². The molecule has 0 atom stereocenters. The zero-order chi connectivity index (χ0) is 24.6. The van der Waals surface area contributed by atoms with E-state index in [0.717, 1.165) is 6.42 Å². The minimum atomic E-state index is -0.383. The Balaban J connectivity index is 1.36. The molecule has 0 fully saturated rings. The lowest BCUT2D eigenvalue weighted by Crippen LogP contribution is -2.15. The number of benzene rings is 4. The van der Waals surface area contributed by atoms with Gasteiger partial charge in [-0.2, -0.15) is 0 Å². The van der Waals surface area contributed by atoms with Gasteiger partial charge in [0.2, 0.25) is 0 Å². The van der Waals surface area contributed by atoms with E-state index < -0.39 is 0 Å². The van der Waals surface area contributed by atoms with Crippen LogP contribution in [0.5, 0.6) is 5.75 Å². The molecule has 176 valence electrons. The van der Waals surface area contributed by atoms with Crippen LogP contribution >= 0.6 is 15.9 Å². The lowest BCUT2D eigenvalue weighted by molar-refractivity contribution is 0.101. The number of carbonyl (C=O) groups excluding carboxylic acids is 2. The molecule has 7 heteroatoms. The van der Waals surface area contributed by atoms with Gasteiger partial charge in [0.25, 0.3) is 11.8 Å². The quantitative estimate of drug-likeness (QED) is 0.265. The molecule has 0 bridgehead atoms. The number of hydrogen-bond donors (Lipinski definition) is 2. The first-order valence-corrected chi connectivity index (χ1v) is 11.7. The molecule has 2 amide bonds. The SMILES string of the molecule is O=C(Nc1ccc(F)cc1)c1cccc(NC(=O)c2ccc(OCCc3ccccc3)c(Br)c2)c1. The summed E-state index contributed by atoms with van der Waals surface area (Å²) in [7, 11) is 0. The van der Waals surface area contributed by atoms with Gasteiger partial charge in [0.1, 0.15) is 11.6 Å². The van der Waals surface area contributed by atoms with Crippen LogP contribution in [0.15, 0.2) is 102 Å². The summed E-state index contributed by atoms with van der Waals surface area (Å²) in [5.74, 6) is -0.423. The first-order chi connectivity index (χ1) is 17.0. The Kier molecular flexibility index (Phi) is 7.90. The maximum absolute atomic E-state index is 13.1. The second-order valence-corrected chi connectivity index (χ2v) is 8.58. The fourth-order valence-electron chi connectivity index (χ4n) is 3.36. The van der Waals surface area contributed by atoms with Gasteiger partial charge < -0.3 is 15.4 Å². The van der Waals surface area contributed by atoms with Gasteiger partial charge >= 0.3 is 0 Å². The van der Waals surface area contributed by atoms with Gasteiger partial charge in [-0.1, -0.05) is 36.4 Å². The fraction of sp³-hybridized carbons (Fsp3) is 0.0714. The Labute approximate surface area is 211 Å². The summed E-state index contributed by atoms with van der Waals surface area (Å²) in [6.45, 7) is 0.515. The van der Waals surface area contributed by atoms with Crippen LogP contribution in [-0.4, -0.2) is 18.4 Å². The number of anilines is 2. The van der Waals surface area contributed by atoms with Gasteiger partial charge in [-0.25, -0.2) is 4.39 Å². The van der Waals surface area contributed by atoms with Crippen molar-refractivity contribution in [2.24, 2.45) is 0 Å². The number of rotatable bonds is 8. The van der Waals surface area contributed by atoms with Crippen LogP contribution in [0.25, 0.3) is 0 Å². The van der Waals surface area contributed by atoms with E-state index in [1.807, 2.05) is 30.3 Å². The summed E-state index contributed by atoms with van der Waals surface area (Å²) < 4.78 is 19.6. The Morgan fingerprint density at radius 1 is 0.743 bits per heavy atom. The van der Waals surface area contributed by atoms with E-state index >= 15 is 0 Å².